The molecule has 1 aromatic carbocycles. The summed E-state index contributed by atoms with van der Waals surface area (Å²) in [5, 5.41) is 3.37. The summed E-state index contributed by atoms with van der Waals surface area (Å²) in [6, 6.07) is 7.22. The zero-order valence-corrected chi connectivity index (χ0v) is 16.1. The molecule has 140 valence electrons. The van der Waals surface area contributed by atoms with Gasteiger partial charge in [0.1, 0.15) is 12.6 Å². The molecule has 0 spiro atoms. The van der Waals surface area contributed by atoms with Crippen LogP contribution >= 0.6 is 11.6 Å². The summed E-state index contributed by atoms with van der Waals surface area (Å²) < 4.78 is 0. The molecule has 4 rings (SSSR count). The zero-order chi connectivity index (χ0) is 19.1. The Morgan fingerprint density at radius 1 is 1.37 bits per heavy atom. The average Bonchev–Trinajstić information content (AvgIpc) is 3.12. The van der Waals surface area contributed by atoms with Gasteiger partial charge in [-0.05, 0) is 49.9 Å². The van der Waals surface area contributed by atoms with Crippen molar-refractivity contribution in [3.8, 4) is 0 Å². The van der Waals surface area contributed by atoms with Crippen LogP contribution in [0.3, 0.4) is 0 Å². The maximum absolute atomic E-state index is 13.0. The molecule has 1 saturated heterocycles. The van der Waals surface area contributed by atoms with Gasteiger partial charge >= 0.3 is 0 Å². The molecule has 2 aromatic rings. The molecule has 27 heavy (non-hydrogen) atoms. The molecule has 0 aliphatic carbocycles. The molecule has 0 unspecified atom stereocenters. The number of nitrogens with one attached hydrogen (secondary N) is 1. The molecule has 7 heteroatoms. The summed E-state index contributed by atoms with van der Waals surface area (Å²) in [7, 11) is 0. The summed E-state index contributed by atoms with van der Waals surface area (Å²) in [6.45, 7) is 4.69. The van der Waals surface area contributed by atoms with E-state index in [-0.39, 0.29) is 24.4 Å². The molecule has 2 aliphatic rings. The molecule has 6 nitrogen and oxygen atoms in total. The van der Waals surface area contributed by atoms with Gasteiger partial charge in [-0.3, -0.25) is 14.5 Å². The van der Waals surface area contributed by atoms with Crippen molar-refractivity contribution in [3.63, 3.8) is 0 Å². The lowest BCUT2D eigenvalue weighted by atomic mass is 10.1. The highest BCUT2D eigenvalue weighted by Gasteiger charge is 2.42. The normalized spacial score (nSPS) is 18.3. The van der Waals surface area contributed by atoms with Crippen LogP contribution in [0.4, 0.5) is 17.2 Å². The smallest absolute Gasteiger partial charge is 0.250 e. The standard InChI is InChI=1S/C20H21ClN4O2/c1-12-5-3-6-15(13(12)2)23-18(26)11-25-17-9-14(21)10-22-19(17)24-8-4-7-16(24)20(25)27/h3,5-6,9-10,16H,4,7-8,11H2,1-2H3,(H,23,26)/t16-/m0/s1. The van der Waals surface area contributed by atoms with E-state index in [0.717, 1.165) is 42.0 Å². The number of aryl methyl sites for hydroxylation is 1. The van der Waals surface area contributed by atoms with Crippen molar-refractivity contribution in [2.45, 2.75) is 32.7 Å². The van der Waals surface area contributed by atoms with E-state index in [4.69, 9.17) is 11.6 Å². The van der Waals surface area contributed by atoms with E-state index in [1.807, 2.05) is 36.9 Å². The summed E-state index contributed by atoms with van der Waals surface area (Å²) >= 11 is 6.12. The fraction of sp³-hybridized carbons (Fsp3) is 0.350. The van der Waals surface area contributed by atoms with Crippen molar-refractivity contribution in [3.05, 3.63) is 46.6 Å². The van der Waals surface area contributed by atoms with Crippen molar-refractivity contribution >= 4 is 40.6 Å². The first-order valence-electron chi connectivity index (χ1n) is 9.05. The van der Waals surface area contributed by atoms with E-state index >= 15 is 0 Å². The fourth-order valence-electron chi connectivity index (χ4n) is 3.80. The highest BCUT2D eigenvalue weighted by molar-refractivity contribution is 6.31. The minimum Gasteiger partial charge on any atom is -0.343 e. The molecule has 1 fully saturated rings. The predicted molar refractivity (Wildman–Crippen MR) is 107 cm³/mol. The maximum Gasteiger partial charge on any atom is 0.250 e. The van der Waals surface area contributed by atoms with Crippen molar-refractivity contribution < 1.29 is 9.59 Å². The van der Waals surface area contributed by atoms with E-state index in [9.17, 15) is 9.59 Å². The molecule has 2 amide bonds. The summed E-state index contributed by atoms with van der Waals surface area (Å²) in [4.78, 5) is 33.7. The minimum absolute atomic E-state index is 0.0639. The first-order valence-corrected chi connectivity index (χ1v) is 9.43. The van der Waals surface area contributed by atoms with Gasteiger partial charge in [0.05, 0.1) is 10.7 Å². The lowest BCUT2D eigenvalue weighted by Crippen LogP contribution is -2.53. The summed E-state index contributed by atoms with van der Waals surface area (Å²) in [6.07, 6.45) is 3.29. The van der Waals surface area contributed by atoms with Crippen LogP contribution in [0, 0.1) is 13.8 Å². The number of halogens is 1. The van der Waals surface area contributed by atoms with E-state index in [2.05, 4.69) is 10.3 Å². The molecule has 0 radical (unpaired) electrons. The Balaban J connectivity index is 1.62. The number of pyridine rings is 1. The fourth-order valence-corrected chi connectivity index (χ4v) is 3.95. The van der Waals surface area contributed by atoms with E-state index in [0.29, 0.717) is 10.7 Å². The van der Waals surface area contributed by atoms with Crippen LogP contribution in [0.15, 0.2) is 30.5 Å². The van der Waals surface area contributed by atoms with Crippen LogP contribution in [-0.4, -0.2) is 35.9 Å². The van der Waals surface area contributed by atoms with Crippen LogP contribution in [-0.2, 0) is 9.59 Å². The van der Waals surface area contributed by atoms with Crippen LogP contribution in [0.25, 0.3) is 0 Å². The third-order valence-electron chi connectivity index (χ3n) is 5.36. The first kappa shape index (κ1) is 17.8. The second-order valence-electron chi connectivity index (χ2n) is 7.07. The quantitative estimate of drug-likeness (QED) is 0.881. The Labute approximate surface area is 163 Å². The van der Waals surface area contributed by atoms with E-state index < -0.39 is 0 Å². The number of carbonyl (C=O) groups excluding carboxylic acids is 2. The van der Waals surface area contributed by atoms with Crippen LogP contribution in [0.5, 0.6) is 0 Å². The molecule has 1 atom stereocenters. The number of anilines is 3. The number of fused-ring (bicyclic) bond motifs is 3. The Kier molecular flexibility index (Phi) is 4.52. The number of carbonyl (C=O) groups is 2. The average molecular weight is 385 g/mol. The van der Waals surface area contributed by atoms with Gasteiger partial charge in [0.2, 0.25) is 11.8 Å². The highest BCUT2D eigenvalue weighted by Crippen LogP contribution is 2.39. The SMILES string of the molecule is Cc1cccc(NC(=O)CN2C(=O)[C@@H]3CCCN3c3ncc(Cl)cc32)c1C. The van der Waals surface area contributed by atoms with Gasteiger partial charge in [-0.15, -0.1) is 0 Å². The Hall–Kier alpha value is -2.60. The third kappa shape index (κ3) is 3.14. The minimum atomic E-state index is -0.250. The van der Waals surface area contributed by atoms with Gasteiger partial charge in [-0.1, -0.05) is 23.7 Å². The van der Waals surface area contributed by atoms with Crippen molar-refractivity contribution in [2.24, 2.45) is 0 Å². The lowest BCUT2D eigenvalue weighted by molar-refractivity contribution is -0.122. The second kappa shape index (κ2) is 6.85. The molecule has 3 heterocycles. The van der Waals surface area contributed by atoms with Gasteiger partial charge in [0.15, 0.2) is 5.82 Å². The number of hydrogen-bond donors (Lipinski definition) is 1. The zero-order valence-electron chi connectivity index (χ0n) is 15.3. The summed E-state index contributed by atoms with van der Waals surface area (Å²) in [5.74, 6) is 0.413. The molecular weight excluding hydrogens is 364 g/mol. The van der Waals surface area contributed by atoms with E-state index in [1.54, 1.807) is 12.3 Å². The topological polar surface area (TPSA) is 65.5 Å². The monoisotopic (exact) mass is 384 g/mol. The number of rotatable bonds is 3. The van der Waals surface area contributed by atoms with Gasteiger partial charge in [-0.2, -0.15) is 0 Å². The number of aromatic nitrogens is 1. The van der Waals surface area contributed by atoms with Gasteiger partial charge in [0.25, 0.3) is 0 Å². The Morgan fingerprint density at radius 2 is 2.19 bits per heavy atom. The lowest BCUT2D eigenvalue weighted by Gasteiger charge is -2.38. The van der Waals surface area contributed by atoms with Gasteiger partial charge in [-0.25, -0.2) is 4.98 Å². The number of nitrogens with zero attached hydrogens (tertiary/aromatic N) is 3. The van der Waals surface area contributed by atoms with Crippen molar-refractivity contribution in [2.75, 3.05) is 28.2 Å². The first-order chi connectivity index (χ1) is 13.0. The number of benzene rings is 1. The van der Waals surface area contributed by atoms with Crippen LogP contribution in [0.2, 0.25) is 5.02 Å². The molecule has 0 saturated carbocycles. The van der Waals surface area contributed by atoms with Gasteiger partial charge < -0.3 is 10.2 Å². The van der Waals surface area contributed by atoms with Gasteiger partial charge in [0, 0.05) is 18.4 Å². The molecule has 1 aromatic heterocycles. The summed E-state index contributed by atoms with van der Waals surface area (Å²) in [5.41, 5.74) is 3.48. The molecule has 0 bridgehead atoms. The number of amides is 2. The molecule has 2 aliphatic heterocycles. The van der Waals surface area contributed by atoms with Crippen LogP contribution in [0.1, 0.15) is 24.0 Å². The maximum atomic E-state index is 13.0. The Bertz CT molecular complexity index is 930. The number of hydrogen-bond acceptors (Lipinski definition) is 4. The highest BCUT2D eigenvalue weighted by atomic mass is 35.5. The largest absolute Gasteiger partial charge is 0.343 e. The van der Waals surface area contributed by atoms with E-state index in [1.165, 1.54) is 4.90 Å². The molecular formula is C20H21ClN4O2. The third-order valence-corrected chi connectivity index (χ3v) is 5.57. The Morgan fingerprint density at radius 3 is 3.00 bits per heavy atom. The van der Waals surface area contributed by atoms with Crippen LogP contribution < -0.4 is 15.1 Å². The van der Waals surface area contributed by atoms with Crippen molar-refractivity contribution in [1.29, 1.82) is 0 Å². The molecule has 1 N–H and O–H groups in total. The predicted octanol–water partition coefficient (Wildman–Crippen LogP) is 3.31. The van der Waals surface area contributed by atoms with Crippen molar-refractivity contribution in [1.82, 2.24) is 4.98 Å². The second-order valence-corrected chi connectivity index (χ2v) is 7.50.